The van der Waals surface area contributed by atoms with Crippen LogP contribution in [0.5, 0.6) is 0 Å². The van der Waals surface area contributed by atoms with E-state index >= 15 is 0 Å². The Hall–Kier alpha value is -1.26. The lowest BCUT2D eigenvalue weighted by Gasteiger charge is -2.34. The quantitative estimate of drug-likeness (QED) is 0.496. The molecule has 1 saturated heterocycles. The summed E-state index contributed by atoms with van der Waals surface area (Å²) in [6.45, 7) is 5.78. The van der Waals surface area contributed by atoms with Crippen LogP contribution in [-0.4, -0.2) is 18.9 Å². The van der Waals surface area contributed by atoms with Gasteiger partial charge in [-0.25, -0.2) is 8.78 Å². The third kappa shape index (κ3) is 5.17. The van der Waals surface area contributed by atoms with E-state index in [1.54, 1.807) is 6.08 Å². The molecule has 0 unspecified atom stereocenters. The van der Waals surface area contributed by atoms with E-state index in [1.165, 1.54) is 31.7 Å². The molecular formula is C23H32F2O2. The molecule has 2 aliphatic rings. The molecule has 0 amide bonds. The fourth-order valence-electron chi connectivity index (χ4n) is 4.43. The van der Waals surface area contributed by atoms with Crippen molar-refractivity contribution in [1.29, 1.82) is 0 Å². The van der Waals surface area contributed by atoms with E-state index in [1.807, 2.05) is 12.1 Å². The van der Waals surface area contributed by atoms with Gasteiger partial charge in [0.05, 0.1) is 13.2 Å². The first-order chi connectivity index (χ1) is 13.0. The third-order valence-electron chi connectivity index (χ3n) is 6.06. The van der Waals surface area contributed by atoms with Crippen LogP contribution < -0.4 is 0 Å². The van der Waals surface area contributed by atoms with E-state index in [0.29, 0.717) is 24.3 Å². The smallest absolute Gasteiger partial charge is 0.184 e. The number of benzene rings is 1. The van der Waals surface area contributed by atoms with Crippen molar-refractivity contribution in [3.05, 3.63) is 47.8 Å². The second kappa shape index (κ2) is 9.29. The van der Waals surface area contributed by atoms with Gasteiger partial charge in [0.25, 0.3) is 0 Å². The maximum Gasteiger partial charge on any atom is 0.184 e. The average molecular weight is 379 g/mol. The molecule has 2 nitrogen and oxygen atoms in total. The second-order valence-electron chi connectivity index (χ2n) is 8.22. The molecular weight excluding hydrogens is 346 g/mol. The normalized spacial score (nSPS) is 31.6. The number of rotatable bonds is 7. The molecule has 0 N–H and O–H groups in total. The van der Waals surface area contributed by atoms with Crippen LogP contribution >= 0.6 is 0 Å². The zero-order valence-corrected chi connectivity index (χ0v) is 16.4. The Balaban J connectivity index is 1.58. The first kappa shape index (κ1) is 20.5. The van der Waals surface area contributed by atoms with Crippen molar-refractivity contribution in [2.75, 3.05) is 13.2 Å². The minimum absolute atomic E-state index is 0.0314. The Kier molecular flexibility index (Phi) is 7.04. The van der Waals surface area contributed by atoms with Crippen LogP contribution in [0.15, 0.2) is 30.9 Å². The van der Waals surface area contributed by atoms with E-state index in [9.17, 15) is 8.78 Å². The zero-order chi connectivity index (χ0) is 19.3. The molecule has 0 atom stereocenters. The van der Waals surface area contributed by atoms with Crippen LogP contribution in [0.25, 0.3) is 0 Å². The monoisotopic (exact) mass is 378 g/mol. The summed E-state index contributed by atoms with van der Waals surface area (Å²) < 4.78 is 40.4. The summed E-state index contributed by atoms with van der Waals surface area (Å²) in [6.07, 6.45) is 8.93. The second-order valence-corrected chi connectivity index (χ2v) is 8.22. The van der Waals surface area contributed by atoms with Gasteiger partial charge in [0, 0.05) is 5.56 Å². The number of alkyl halides is 1. The van der Waals surface area contributed by atoms with Gasteiger partial charge in [0.15, 0.2) is 12.0 Å². The summed E-state index contributed by atoms with van der Waals surface area (Å²) >= 11 is 0. The van der Waals surface area contributed by atoms with Crippen molar-refractivity contribution in [2.45, 2.75) is 76.2 Å². The third-order valence-corrected chi connectivity index (χ3v) is 6.06. The Morgan fingerprint density at radius 3 is 2.48 bits per heavy atom. The molecule has 1 saturated carbocycles. The van der Waals surface area contributed by atoms with Gasteiger partial charge in [-0.05, 0) is 62.0 Å². The van der Waals surface area contributed by atoms with Gasteiger partial charge in [0.1, 0.15) is 5.82 Å². The van der Waals surface area contributed by atoms with Crippen molar-refractivity contribution in [2.24, 2.45) is 5.92 Å². The van der Waals surface area contributed by atoms with Gasteiger partial charge >= 0.3 is 0 Å². The maximum absolute atomic E-state index is 14.8. The molecule has 0 radical (unpaired) electrons. The molecule has 1 aromatic rings. The van der Waals surface area contributed by atoms with Crippen molar-refractivity contribution in [3.63, 3.8) is 0 Å². The minimum Gasteiger partial charge on any atom is -0.345 e. The largest absolute Gasteiger partial charge is 0.345 e. The maximum atomic E-state index is 14.8. The van der Waals surface area contributed by atoms with Crippen molar-refractivity contribution in [3.8, 4) is 0 Å². The number of hydrogen-bond acceptors (Lipinski definition) is 2. The Labute approximate surface area is 161 Å². The summed E-state index contributed by atoms with van der Waals surface area (Å²) in [6, 6.07) is 5.25. The number of allylic oxidation sites excluding steroid dienone is 1. The fraction of sp³-hybridized carbons (Fsp3) is 0.652. The lowest BCUT2D eigenvalue weighted by molar-refractivity contribution is -0.238. The summed E-state index contributed by atoms with van der Waals surface area (Å²) in [5.74, 6) is 0.916. The van der Waals surface area contributed by atoms with E-state index in [4.69, 9.17) is 9.47 Å². The molecule has 0 spiro atoms. The van der Waals surface area contributed by atoms with Crippen LogP contribution in [0.2, 0.25) is 0 Å². The number of hydrogen-bond donors (Lipinski definition) is 0. The standard InChI is InChI=1S/C23H32F2O2/c1-3-5-13-23(25)15-26-22(27-16-23)19-11-12-20(21(24)14-19)18-9-7-17(6-4-2)8-10-18/h3,11-12,14,17-18,22H,1,4-10,13,15-16H2,2H3. The van der Waals surface area contributed by atoms with E-state index < -0.39 is 12.0 Å². The molecule has 0 aromatic heterocycles. The molecule has 2 fully saturated rings. The Morgan fingerprint density at radius 1 is 1.19 bits per heavy atom. The van der Waals surface area contributed by atoms with Crippen molar-refractivity contribution < 1.29 is 18.3 Å². The average Bonchev–Trinajstić information content (AvgIpc) is 2.68. The highest BCUT2D eigenvalue weighted by molar-refractivity contribution is 5.28. The van der Waals surface area contributed by atoms with Crippen LogP contribution in [0.1, 0.15) is 81.6 Å². The summed E-state index contributed by atoms with van der Waals surface area (Å²) in [7, 11) is 0. The molecule has 1 aliphatic heterocycles. The van der Waals surface area contributed by atoms with E-state index in [2.05, 4.69) is 13.5 Å². The van der Waals surface area contributed by atoms with Crippen LogP contribution in [0.4, 0.5) is 8.78 Å². The molecule has 150 valence electrons. The lowest BCUT2D eigenvalue weighted by atomic mass is 9.77. The number of ether oxygens (including phenoxy) is 2. The molecule has 1 aliphatic carbocycles. The zero-order valence-electron chi connectivity index (χ0n) is 16.4. The summed E-state index contributed by atoms with van der Waals surface area (Å²) in [5.41, 5.74) is -0.0580. The Bertz CT molecular complexity index is 615. The molecule has 1 heterocycles. The van der Waals surface area contributed by atoms with Crippen molar-refractivity contribution in [1.82, 2.24) is 0 Å². The molecule has 0 bridgehead atoms. The first-order valence-electron chi connectivity index (χ1n) is 10.4. The Morgan fingerprint density at radius 2 is 1.89 bits per heavy atom. The first-order valence-corrected chi connectivity index (χ1v) is 10.4. The molecule has 27 heavy (non-hydrogen) atoms. The van der Waals surface area contributed by atoms with E-state index in [0.717, 1.165) is 24.3 Å². The van der Waals surface area contributed by atoms with Gasteiger partial charge in [0.2, 0.25) is 0 Å². The van der Waals surface area contributed by atoms with Gasteiger partial charge < -0.3 is 9.47 Å². The van der Waals surface area contributed by atoms with Crippen molar-refractivity contribution >= 4 is 0 Å². The number of halogens is 2. The highest BCUT2D eigenvalue weighted by Gasteiger charge is 2.37. The molecule has 3 rings (SSSR count). The SMILES string of the molecule is C=CCCC1(F)COC(c2ccc(C3CCC(CCC)CC3)c(F)c2)OC1. The predicted molar refractivity (Wildman–Crippen MR) is 104 cm³/mol. The van der Waals surface area contributed by atoms with Gasteiger partial charge in [-0.3, -0.25) is 0 Å². The summed E-state index contributed by atoms with van der Waals surface area (Å²) in [5, 5.41) is 0. The molecule has 1 aromatic carbocycles. The summed E-state index contributed by atoms with van der Waals surface area (Å²) in [4.78, 5) is 0. The predicted octanol–water partition coefficient (Wildman–Crippen LogP) is 6.62. The van der Waals surface area contributed by atoms with Gasteiger partial charge in [-0.2, -0.15) is 0 Å². The minimum atomic E-state index is -1.49. The van der Waals surface area contributed by atoms with E-state index in [-0.39, 0.29) is 19.0 Å². The van der Waals surface area contributed by atoms with Gasteiger partial charge in [-0.1, -0.05) is 38.0 Å². The fourth-order valence-corrected chi connectivity index (χ4v) is 4.43. The highest BCUT2D eigenvalue weighted by atomic mass is 19.1. The van der Waals surface area contributed by atoms with Crippen LogP contribution in [-0.2, 0) is 9.47 Å². The lowest BCUT2D eigenvalue weighted by Crippen LogP contribution is -2.41. The topological polar surface area (TPSA) is 18.5 Å². The highest BCUT2D eigenvalue weighted by Crippen LogP contribution is 2.39. The van der Waals surface area contributed by atoms with Crippen LogP contribution in [0.3, 0.4) is 0 Å². The van der Waals surface area contributed by atoms with Gasteiger partial charge in [-0.15, -0.1) is 6.58 Å². The van der Waals surface area contributed by atoms with Crippen LogP contribution in [0, 0.1) is 11.7 Å². The molecule has 4 heteroatoms.